The first-order chi connectivity index (χ1) is 14.2. The van der Waals surface area contributed by atoms with Crippen molar-refractivity contribution < 1.29 is 23.5 Å². The molecular formula is C22H32FN3O4. The molecule has 2 heterocycles. The number of halogens is 1. The third kappa shape index (κ3) is 6.67. The molecule has 0 radical (unpaired) electrons. The molecule has 2 saturated heterocycles. The molecule has 30 heavy (non-hydrogen) atoms. The Morgan fingerprint density at radius 1 is 1.23 bits per heavy atom. The summed E-state index contributed by atoms with van der Waals surface area (Å²) in [5.74, 6) is 0.291. The molecule has 166 valence electrons. The van der Waals surface area contributed by atoms with E-state index in [1.54, 1.807) is 12.1 Å². The summed E-state index contributed by atoms with van der Waals surface area (Å²) in [7, 11) is 0. The standard InChI is InChI=1S/C22H32FN3O4/c1-22(2,3)24-20(27)13-25-10-8-17(9-11-25)26-12-19(30-15-21(26)28)14-29-18-6-4-16(23)5-7-18/h4-7,17,19H,8-15H2,1-3H3,(H,24,27). The summed E-state index contributed by atoms with van der Waals surface area (Å²) < 4.78 is 24.3. The lowest BCUT2D eigenvalue weighted by atomic mass is 10.0. The lowest BCUT2D eigenvalue weighted by Crippen LogP contribution is -2.56. The lowest BCUT2D eigenvalue weighted by molar-refractivity contribution is -0.155. The summed E-state index contributed by atoms with van der Waals surface area (Å²) in [5.41, 5.74) is -0.235. The van der Waals surface area contributed by atoms with E-state index in [4.69, 9.17) is 9.47 Å². The topological polar surface area (TPSA) is 71.1 Å². The van der Waals surface area contributed by atoms with E-state index in [0.29, 0.717) is 25.4 Å². The van der Waals surface area contributed by atoms with Gasteiger partial charge in [0.1, 0.15) is 30.9 Å². The molecule has 1 unspecified atom stereocenters. The minimum absolute atomic E-state index is 0.00282. The van der Waals surface area contributed by atoms with Crippen molar-refractivity contribution in [2.45, 2.75) is 51.3 Å². The maximum Gasteiger partial charge on any atom is 0.248 e. The average Bonchev–Trinajstić information content (AvgIpc) is 2.68. The lowest BCUT2D eigenvalue weighted by Gasteiger charge is -2.42. The number of rotatable bonds is 6. The molecular weight excluding hydrogens is 389 g/mol. The van der Waals surface area contributed by atoms with Crippen molar-refractivity contribution in [3.63, 3.8) is 0 Å². The smallest absolute Gasteiger partial charge is 0.248 e. The van der Waals surface area contributed by atoms with Gasteiger partial charge in [-0.1, -0.05) is 0 Å². The van der Waals surface area contributed by atoms with Gasteiger partial charge in [0.15, 0.2) is 0 Å². The van der Waals surface area contributed by atoms with Crippen LogP contribution in [0.4, 0.5) is 4.39 Å². The van der Waals surface area contributed by atoms with Crippen LogP contribution in [0.5, 0.6) is 5.75 Å². The summed E-state index contributed by atoms with van der Waals surface area (Å²) in [6, 6.07) is 6.00. The first kappa shape index (κ1) is 22.5. The van der Waals surface area contributed by atoms with Crippen LogP contribution in [-0.4, -0.2) is 78.7 Å². The summed E-state index contributed by atoms with van der Waals surface area (Å²) in [4.78, 5) is 28.6. The van der Waals surface area contributed by atoms with E-state index in [1.165, 1.54) is 12.1 Å². The number of hydrogen-bond acceptors (Lipinski definition) is 5. The molecule has 1 aromatic carbocycles. The number of hydrogen-bond donors (Lipinski definition) is 1. The van der Waals surface area contributed by atoms with Crippen molar-refractivity contribution in [3.8, 4) is 5.75 Å². The molecule has 2 fully saturated rings. The summed E-state index contributed by atoms with van der Waals surface area (Å²) in [6.45, 7) is 8.69. The Kier molecular flexibility index (Phi) is 7.31. The molecule has 0 spiro atoms. The van der Waals surface area contributed by atoms with Crippen LogP contribution in [0.2, 0.25) is 0 Å². The van der Waals surface area contributed by atoms with Crippen LogP contribution in [0.25, 0.3) is 0 Å². The predicted molar refractivity (Wildman–Crippen MR) is 111 cm³/mol. The van der Waals surface area contributed by atoms with E-state index >= 15 is 0 Å². The predicted octanol–water partition coefficient (Wildman–Crippen LogP) is 1.81. The van der Waals surface area contributed by atoms with Gasteiger partial charge in [0.05, 0.1) is 13.1 Å². The third-order valence-corrected chi connectivity index (χ3v) is 5.29. The minimum Gasteiger partial charge on any atom is -0.491 e. The molecule has 0 bridgehead atoms. The van der Waals surface area contributed by atoms with Crippen molar-refractivity contribution in [1.29, 1.82) is 0 Å². The molecule has 0 aliphatic carbocycles. The van der Waals surface area contributed by atoms with Gasteiger partial charge in [-0.3, -0.25) is 14.5 Å². The van der Waals surface area contributed by atoms with Crippen molar-refractivity contribution in [2.75, 3.05) is 39.4 Å². The number of piperidine rings is 1. The molecule has 1 atom stereocenters. The maximum atomic E-state index is 13.0. The Labute approximate surface area is 177 Å². The molecule has 1 N–H and O–H groups in total. The van der Waals surface area contributed by atoms with E-state index in [2.05, 4.69) is 10.2 Å². The van der Waals surface area contributed by atoms with Gasteiger partial charge in [0, 0.05) is 24.7 Å². The highest BCUT2D eigenvalue weighted by molar-refractivity contribution is 5.79. The van der Waals surface area contributed by atoms with Gasteiger partial charge in [0.25, 0.3) is 0 Å². The number of morpholine rings is 1. The van der Waals surface area contributed by atoms with Crippen molar-refractivity contribution >= 4 is 11.8 Å². The number of nitrogens with zero attached hydrogens (tertiary/aromatic N) is 2. The molecule has 3 rings (SSSR count). The van der Waals surface area contributed by atoms with Gasteiger partial charge in [0.2, 0.25) is 11.8 Å². The maximum absolute atomic E-state index is 13.0. The highest BCUT2D eigenvalue weighted by atomic mass is 19.1. The van der Waals surface area contributed by atoms with Gasteiger partial charge in [-0.05, 0) is 57.9 Å². The molecule has 0 saturated carbocycles. The number of ether oxygens (including phenoxy) is 2. The highest BCUT2D eigenvalue weighted by Gasteiger charge is 2.34. The Hall–Kier alpha value is -2.19. The fourth-order valence-electron chi connectivity index (χ4n) is 3.87. The van der Waals surface area contributed by atoms with E-state index in [0.717, 1.165) is 25.9 Å². The number of nitrogens with one attached hydrogen (secondary N) is 1. The van der Waals surface area contributed by atoms with Gasteiger partial charge in [-0.25, -0.2) is 4.39 Å². The zero-order chi connectivity index (χ0) is 21.7. The van der Waals surface area contributed by atoms with Gasteiger partial charge < -0.3 is 19.7 Å². The fraction of sp³-hybridized carbons (Fsp3) is 0.636. The van der Waals surface area contributed by atoms with Crippen LogP contribution in [0.3, 0.4) is 0 Å². The van der Waals surface area contributed by atoms with E-state index < -0.39 is 0 Å². The first-order valence-electron chi connectivity index (χ1n) is 10.5. The quantitative estimate of drug-likeness (QED) is 0.759. The molecule has 8 heteroatoms. The zero-order valence-corrected chi connectivity index (χ0v) is 18.0. The first-order valence-corrected chi connectivity index (χ1v) is 10.5. The molecule has 2 amide bonds. The Balaban J connectivity index is 1.45. The van der Waals surface area contributed by atoms with E-state index in [-0.39, 0.29) is 41.9 Å². The van der Waals surface area contributed by atoms with E-state index in [1.807, 2.05) is 25.7 Å². The van der Waals surface area contributed by atoms with Crippen LogP contribution in [0, 0.1) is 5.82 Å². The normalized spacial score (nSPS) is 21.5. The largest absolute Gasteiger partial charge is 0.491 e. The van der Waals surface area contributed by atoms with Gasteiger partial charge in [-0.15, -0.1) is 0 Å². The second-order valence-corrected chi connectivity index (χ2v) is 9.05. The van der Waals surface area contributed by atoms with Crippen LogP contribution in [-0.2, 0) is 14.3 Å². The highest BCUT2D eigenvalue weighted by Crippen LogP contribution is 2.21. The number of amides is 2. The Morgan fingerprint density at radius 2 is 1.90 bits per heavy atom. The zero-order valence-electron chi connectivity index (χ0n) is 18.0. The molecule has 0 aromatic heterocycles. The Bertz CT molecular complexity index is 727. The molecule has 7 nitrogen and oxygen atoms in total. The van der Waals surface area contributed by atoms with Crippen LogP contribution in [0.1, 0.15) is 33.6 Å². The van der Waals surface area contributed by atoms with Crippen LogP contribution >= 0.6 is 0 Å². The molecule has 2 aliphatic rings. The monoisotopic (exact) mass is 421 g/mol. The number of carbonyl (C=O) groups is 2. The molecule has 2 aliphatic heterocycles. The van der Waals surface area contributed by atoms with Gasteiger partial charge >= 0.3 is 0 Å². The average molecular weight is 422 g/mol. The third-order valence-electron chi connectivity index (χ3n) is 5.29. The summed E-state index contributed by atoms with van der Waals surface area (Å²) >= 11 is 0. The van der Waals surface area contributed by atoms with Crippen molar-refractivity contribution in [2.24, 2.45) is 0 Å². The Morgan fingerprint density at radius 3 is 2.53 bits per heavy atom. The number of carbonyl (C=O) groups excluding carboxylic acids is 2. The number of likely N-dealkylation sites (tertiary alicyclic amines) is 1. The van der Waals surface area contributed by atoms with Crippen LogP contribution < -0.4 is 10.1 Å². The fourth-order valence-corrected chi connectivity index (χ4v) is 3.87. The summed E-state index contributed by atoms with van der Waals surface area (Å²) in [6.07, 6.45) is 1.45. The minimum atomic E-state index is -0.310. The van der Waals surface area contributed by atoms with Gasteiger partial charge in [-0.2, -0.15) is 0 Å². The van der Waals surface area contributed by atoms with Crippen LogP contribution in [0.15, 0.2) is 24.3 Å². The number of benzene rings is 1. The molecule has 1 aromatic rings. The second-order valence-electron chi connectivity index (χ2n) is 9.05. The SMILES string of the molecule is CC(C)(C)NC(=O)CN1CCC(N2CC(COc3ccc(F)cc3)OCC2=O)CC1. The second kappa shape index (κ2) is 9.75. The van der Waals surface area contributed by atoms with Crippen molar-refractivity contribution in [3.05, 3.63) is 30.1 Å². The van der Waals surface area contributed by atoms with Crippen molar-refractivity contribution in [1.82, 2.24) is 15.1 Å². The summed E-state index contributed by atoms with van der Waals surface area (Å²) in [5, 5.41) is 2.99. The van der Waals surface area contributed by atoms with E-state index in [9.17, 15) is 14.0 Å².